The van der Waals surface area contributed by atoms with Crippen molar-refractivity contribution in [2.45, 2.75) is 44.3 Å². The first-order valence-electron chi connectivity index (χ1n) is 8.29. The normalized spacial score (nSPS) is 20.6. The lowest BCUT2D eigenvalue weighted by Crippen LogP contribution is -2.45. The maximum atomic E-state index is 12.7. The summed E-state index contributed by atoms with van der Waals surface area (Å²) in [7, 11) is 0. The molecule has 2 aromatic rings. The van der Waals surface area contributed by atoms with Gasteiger partial charge in [-0.15, -0.1) is 11.3 Å². The SMILES string of the molecule is FC(F)Cc1cc2c(s1)C1(CCN(Cc3ncco3)CC1)OCC2. The van der Waals surface area contributed by atoms with Crippen LogP contribution >= 0.6 is 11.3 Å². The predicted molar refractivity (Wildman–Crippen MR) is 86.4 cm³/mol. The molecule has 4 nitrogen and oxygen atoms in total. The van der Waals surface area contributed by atoms with Crippen LogP contribution in [0.1, 0.15) is 34.1 Å². The fourth-order valence-electron chi connectivity index (χ4n) is 3.70. The first kappa shape index (κ1) is 16.2. The van der Waals surface area contributed by atoms with Crippen molar-refractivity contribution in [1.82, 2.24) is 9.88 Å². The number of oxazole rings is 1. The summed E-state index contributed by atoms with van der Waals surface area (Å²) in [6, 6.07) is 1.97. The van der Waals surface area contributed by atoms with Gasteiger partial charge in [-0.05, 0) is 30.9 Å². The Morgan fingerprint density at radius 2 is 2.17 bits per heavy atom. The molecule has 0 amide bonds. The van der Waals surface area contributed by atoms with Gasteiger partial charge in [-0.25, -0.2) is 13.8 Å². The Labute approximate surface area is 143 Å². The monoisotopic (exact) mass is 354 g/mol. The summed E-state index contributed by atoms with van der Waals surface area (Å²) < 4.78 is 36.9. The largest absolute Gasteiger partial charge is 0.448 e. The van der Waals surface area contributed by atoms with Crippen molar-refractivity contribution in [3.8, 4) is 0 Å². The number of thiophene rings is 1. The van der Waals surface area contributed by atoms with Gasteiger partial charge in [0.15, 0.2) is 0 Å². The van der Waals surface area contributed by atoms with Gasteiger partial charge in [0.05, 0.1) is 19.3 Å². The summed E-state index contributed by atoms with van der Waals surface area (Å²) in [5.41, 5.74) is 0.925. The molecule has 0 saturated carbocycles. The van der Waals surface area contributed by atoms with Crippen LogP contribution in [0.3, 0.4) is 0 Å². The van der Waals surface area contributed by atoms with Crippen LogP contribution in [0, 0.1) is 0 Å². The summed E-state index contributed by atoms with van der Waals surface area (Å²) >= 11 is 1.52. The van der Waals surface area contributed by atoms with Crippen molar-refractivity contribution >= 4 is 11.3 Å². The molecule has 1 fully saturated rings. The summed E-state index contributed by atoms with van der Waals surface area (Å²) in [5, 5.41) is 0. The number of hydrogen-bond donors (Lipinski definition) is 0. The Kier molecular flexibility index (Phi) is 4.40. The minimum absolute atomic E-state index is 0.149. The van der Waals surface area contributed by atoms with Gasteiger partial charge in [-0.3, -0.25) is 4.90 Å². The average molecular weight is 354 g/mol. The quantitative estimate of drug-likeness (QED) is 0.841. The Hall–Kier alpha value is -1.31. The van der Waals surface area contributed by atoms with Crippen LogP contribution in [0.25, 0.3) is 0 Å². The maximum Gasteiger partial charge on any atom is 0.243 e. The molecule has 1 saturated heterocycles. The Bertz CT molecular complexity index is 679. The molecule has 7 heteroatoms. The first-order chi connectivity index (χ1) is 11.6. The van der Waals surface area contributed by atoms with Crippen LogP contribution in [-0.2, 0) is 29.7 Å². The molecule has 2 aliphatic rings. The number of nitrogens with zero attached hydrogens (tertiary/aromatic N) is 2. The van der Waals surface area contributed by atoms with E-state index in [1.165, 1.54) is 21.8 Å². The molecular weight excluding hydrogens is 334 g/mol. The second-order valence-electron chi connectivity index (χ2n) is 6.46. The van der Waals surface area contributed by atoms with Crippen LogP contribution in [0.5, 0.6) is 0 Å². The minimum Gasteiger partial charge on any atom is -0.448 e. The number of likely N-dealkylation sites (tertiary alicyclic amines) is 1. The second-order valence-corrected chi connectivity index (χ2v) is 7.59. The van der Waals surface area contributed by atoms with Crippen LogP contribution in [-0.4, -0.2) is 36.0 Å². The highest BCUT2D eigenvalue weighted by Crippen LogP contribution is 2.45. The van der Waals surface area contributed by atoms with E-state index in [4.69, 9.17) is 9.15 Å². The molecule has 0 atom stereocenters. The number of rotatable bonds is 4. The van der Waals surface area contributed by atoms with Crippen LogP contribution in [0.2, 0.25) is 0 Å². The molecule has 2 aromatic heterocycles. The van der Waals surface area contributed by atoms with E-state index in [0.29, 0.717) is 13.2 Å². The summed E-state index contributed by atoms with van der Waals surface area (Å²) in [6.45, 7) is 3.17. The predicted octanol–water partition coefficient (Wildman–Crippen LogP) is 3.61. The molecule has 24 heavy (non-hydrogen) atoms. The molecule has 130 valence electrons. The Morgan fingerprint density at radius 1 is 1.33 bits per heavy atom. The first-order valence-corrected chi connectivity index (χ1v) is 9.11. The lowest BCUT2D eigenvalue weighted by Gasteiger charge is -2.43. The molecule has 0 N–H and O–H groups in total. The van der Waals surface area contributed by atoms with Crippen molar-refractivity contribution in [2.24, 2.45) is 0 Å². The molecule has 4 rings (SSSR count). The van der Waals surface area contributed by atoms with Gasteiger partial charge in [-0.1, -0.05) is 0 Å². The van der Waals surface area contributed by atoms with E-state index in [-0.39, 0.29) is 12.0 Å². The maximum absolute atomic E-state index is 12.7. The van der Waals surface area contributed by atoms with E-state index in [9.17, 15) is 8.78 Å². The van der Waals surface area contributed by atoms with Gasteiger partial charge < -0.3 is 9.15 Å². The minimum atomic E-state index is -2.29. The topological polar surface area (TPSA) is 38.5 Å². The fourth-order valence-corrected chi connectivity index (χ4v) is 5.11. The van der Waals surface area contributed by atoms with Crippen LogP contribution in [0.15, 0.2) is 22.9 Å². The zero-order chi connectivity index (χ0) is 16.6. The van der Waals surface area contributed by atoms with Crippen LogP contribution < -0.4 is 0 Å². The molecule has 0 bridgehead atoms. The number of alkyl halides is 2. The third kappa shape index (κ3) is 3.12. The number of aromatic nitrogens is 1. The molecule has 0 unspecified atom stereocenters. The van der Waals surface area contributed by atoms with Gasteiger partial charge in [-0.2, -0.15) is 0 Å². The van der Waals surface area contributed by atoms with E-state index in [0.717, 1.165) is 43.1 Å². The zero-order valence-corrected chi connectivity index (χ0v) is 14.2. The van der Waals surface area contributed by atoms with Crippen molar-refractivity contribution in [2.75, 3.05) is 19.7 Å². The van der Waals surface area contributed by atoms with Crippen molar-refractivity contribution in [1.29, 1.82) is 0 Å². The highest BCUT2D eigenvalue weighted by atomic mass is 32.1. The number of piperidine rings is 1. The van der Waals surface area contributed by atoms with Crippen molar-refractivity contribution in [3.05, 3.63) is 39.7 Å². The van der Waals surface area contributed by atoms with Gasteiger partial charge in [0.25, 0.3) is 0 Å². The second kappa shape index (κ2) is 6.54. The average Bonchev–Trinajstić information content (AvgIpc) is 3.19. The molecule has 0 aromatic carbocycles. The van der Waals surface area contributed by atoms with Gasteiger partial charge in [0.1, 0.15) is 11.9 Å². The van der Waals surface area contributed by atoms with E-state index in [1.54, 1.807) is 12.5 Å². The third-order valence-corrected chi connectivity index (χ3v) is 6.27. The van der Waals surface area contributed by atoms with E-state index < -0.39 is 6.43 Å². The highest BCUT2D eigenvalue weighted by Gasteiger charge is 2.42. The molecule has 0 aliphatic carbocycles. The van der Waals surface area contributed by atoms with Crippen LogP contribution in [0.4, 0.5) is 8.78 Å². The van der Waals surface area contributed by atoms with E-state index >= 15 is 0 Å². The summed E-state index contributed by atoms with van der Waals surface area (Å²) in [4.78, 5) is 8.44. The standard InChI is InChI=1S/C17H20F2N2O2S/c18-14(19)10-13-9-12-1-7-23-17(16(12)24-13)2-5-21(6-3-17)11-15-20-4-8-22-15/h4,8-9,14H,1-3,5-7,10-11H2. The van der Waals surface area contributed by atoms with Crippen molar-refractivity contribution in [3.63, 3.8) is 0 Å². The lowest BCUT2D eigenvalue weighted by atomic mass is 9.85. The zero-order valence-electron chi connectivity index (χ0n) is 13.3. The van der Waals surface area contributed by atoms with Gasteiger partial charge >= 0.3 is 0 Å². The van der Waals surface area contributed by atoms with Gasteiger partial charge in [0.2, 0.25) is 12.3 Å². The van der Waals surface area contributed by atoms with Crippen molar-refractivity contribution < 1.29 is 17.9 Å². The lowest BCUT2D eigenvalue weighted by molar-refractivity contribution is -0.0967. The number of halogens is 2. The molecule has 0 radical (unpaired) electrons. The van der Waals surface area contributed by atoms with E-state index in [1.807, 2.05) is 6.07 Å². The summed E-state index contributed by atoms with van der Waals surface area (Å²) in [6.07, 6.45) is 3.41. The number of hydrogen-bond acceptors (Lipinski definition) is 5. The molecule has 4 heterocycles. The number of fused-ring (bicyclic) bond motifs is 2. The molecular formula is C17H20F2N2O2S. The van der Waals surface area contributed by atoms with Gasteiger partial charge in [0, 0.05) is 29.3 Å². The van der Waals surface area contributed by atoms with E-state index in [2.05, 4.69) is 9.88 Å². The third-order valence-electron chi connectivity index (χ3n) is 4.89. The fraction of sp³-hybridized carbons (Fsp3) is 0.588. The molecule has 2 aliphatic heterocycles. The summed E-state index contributed by atoms with van der Waals surface area (Å²) in [5.74, 6) is 0.728. The Morgan fingerprint density at radius 3 is 2.88 bits per heavy atom. The smallest absolute Gasteiger partial charge is 0.243 e. The number of ether oxygens (including phenoxy) is 1. The highest BCUT2D eigenvalue weighted by molar-refractivity contribution is 7.12. The Balaban J connectivity index is 1.48. The molecule has 1 spiro atoms.